The number of halogens is 3. The maximum atomic E-state index is 12.5. The van der Waals surface area contributed by atoms with Gasteiger partial charge in [0.2, 0.25) is 0 Å². The van der Waals surface area contributed by atoms with Crippen LogP contribution < -0.4 is 4.74 Å². The highest BCUT2D eigenvalue weighted by Gasteiger charge is 2.18. The van der Waals surface area contributed by atoms with Gasteiger partial charge in [-0.2, -0.15) is 0 Å². The summed E-state index contributed by atoms with van der Waals surface area (Å²) in [5.74, 6) is -0.321. The highest BCUT2D eigenvalue weighted by Crippen LogP contribution is 2.33. The third-order valence-electron chi connectivity index (χ3n) is 1.93. The Morgan fingerprint density at radius 3 is 2.47 bits per heavy atom. The van der Waals surface area contributed by atoms with Gasteiger partial charge in [0.15, 0.2) is 5.78 Å². The fraction of sp³-hybridized carbons (Fsp3) is 0.300. The van der Waals surface area contributed by atoms with Gasteiger partial charge in [-0.15, -0.1) is 0 Å². The fourth-order valence-corrected chi connectivity index (χ4v) is 1.49. The maximum absolute atomic E-state index is 12.5. The van der Waals surface area contributed by atoms with Crippen LogP contribution in [0.25, 0.3) is 0 Å². The molecule has 0 aromatic heterocycles. The number of Topliss-reactive ketones (excluding diaryl/α,β-unsaturated/α-hetero) is 1. The molecule has 0 saturated heterocycles. The Balaban J connectivity index is 3.35. The third kappa shape index (κ3) is 2.45. The number of hydrogen-bond acceptors (Lipinski definition) is 2. The van der Waals surface area contributed by atoms with E-state index in [1.54, 1.807) is 0 Å². The number of carbonyl (C=O) groups is 1. The normalized spacial score (nSPS) is 10.5. The van der Waals surface area contributed by atoms with E-state index in [0.29, 0.717) is 0 Å². The molecule has 1 aromatic rings. The molecule has 0 fully saturated rings. The van der Waals surface area contributed by atoms with Crippen molar-refractivity contribution in [3.63, 3.8) is 0 Å². The molecule has 0 heterocycles. The molecule has 0 saturated carbocycles. The van der Waals surface area contributed by atoms with Crippen molar-refractivity contribution in [1.82, 2.24) is 0 Å². The highest BCUT2D eigenvalue weighted by atomic mass is 35.5. The zero-order valence-electron chi connectivity index (χ0n) is 8.18. The van der Waals surface area contributed by atoms with Gasteiger partial charge in [0.25, 0.3) is 6.43 Å². The van der Waals surface area contributed by atoms with Crippen molar-refractivity contribution >= 4 is 17.4 Å². The van der Waals surface area contributed by atoms with Gasteiger partial charge in [-0.25, -0.2) is 8.78 Å². The molecular weight excluding hydrogens is 226 g/mol. The summed E-state index contributed by atoms with van der Waals surface area (Å²) in [5.41, 5.74) is -0.134. The lowest BCUT2D eigenvalue weighted by Crippen LogP contribution is -1.99. The standard InChI is InChI=1S/C10H9ClF2O2/c1-5(14)6-4-9(15-2)7(10(12)13)3-8(6)11/h3-4,10H,1-2H3. The second-order valence-corrected chi connectivity index (χ2v) is 3.34. The predicted octanol–water partition coefficient (Wildman–Crippen LogP) is 3.49. The number of methoxy groups -OCH3 is 1. The SMILES string of the molecule is COc1cc(C(C)=O)c(Cl)cc1C(F)F. The summed E-state index contributed by atoms with van der Waals surface area (Å²) in [4.78, 5) is 11.1. The van der Waals surface area contributed by atoms with Crippen molar-refractivity contribution in [1.29, 1.82) is 0 Å². The molecule has 0 radical (unpaired) electrons. The van der Waals surface area contributed by atoms with E-state index in [0.717, 1.165) is 6.07 Å². The van der Waals surface area contributed by atoms with Crippen molar-refractivity contribution in [3.8, 4) is 5.75 Å². The fourth-order valence-electron chi connectivity index (χ4n) is 1.19. The first-order chi connectivity index (χ1) is 6.97. The Labute approximate surface area is 90.8 Å². The largest absolute Gasteiger partial charge is 0.496 e. The Morgan fingerprint density at radius 1 is 1.47 bits per heavy atom. The average molecular weight is 235 g/mol. The minimum Gasteiger partial charge on any atom is -0.496 e. The van der Waals surface area contributed by atoms with Crippen LogP contribution in [0.4, 0.5) is 8.78 Å². The smallest absolute Gasteiger partial charge is 0.267 e. The van der Waals surface area contributed by atoms with Gasteiger partial charge in [-0.1, -0.05) is 11.6 Å². The molecule has 1 aromatic carbocycles. The predicted molar refractivity (Wildman–Crippen MR) is 53.0 cm³/mol. The first-order valence-corrected chi connectivity index (χ1v) is 4.51. The minimum atomic E-state index is -2.68. The quantitative estimate of drug-likeness (QED) is 0.749. The lowest BCUT2D eigenvalue weighted by atomic mass is 10.1. The number of ketones is 1. The van der Waals surface area contributed by atoms with Gasteiger partial charge in [0.05, 0.1) is 17.7 Å². The first kappa shape index (κ1) is 11.9. The van der Waals surface area contributed by atoms with E-state index in [4.69, 9.17) is 16.3 Å². The summed E-state index contributed by atoms with van der Waals surface area (Å²) >= 11 is 5.69. The van der Waals surface area contributed by atoms with E-state index >= 15 is 0 Å². The molecule has 0 bridgehead atoms. The monoisotopic (exact) mass is 234 g/mol. The van der Waals surface area contributed by atoms with E-state index in [-0.39, 0.29) is 27.7 Å². The Morgan fingerprint density at radius 2 is 2.07 bits per heavy atom. The highest BCUT2D eigenvalue weighted by molar-refractivity contribution is 6.34. The summed E-state index contributed by atoms with van der Waals surface area (Å²) in [6.07, 6.45) is -2.68. The van der Waals surface area contributed by atoms with Gasteiger partial charge in [0.1, 0.15) is 5.75 Å². The summed E-state index contributed by atoms with van der Waals surface area (Å²) < 4.78 is 29.8. The van der Waals surface area contributed by atoms with Crippen LogP contribution in [0, 0.1) is 0 Å². The van der Waals surface area contributed by atoms with Gasteiger partial charge in [-0.3, -0.25) is 4.79 Å². The van der Waals surface area contributed by atoms with E-state index in [1.807, 2.05) is 0 Å². The van der Waals surface area contributed by atoms with Crippen molar-refractivity contribution in [3.05, 3.63) is 28.3 Å². The summed E-state index contributed by atoms with van der Waals surface area (Å²) in [6.45, 7) is 1.31. The minimum absolute atomic E-state index is 0.0126. The van der Waals surface area contributed by atoms with Crippen molar-refractivity contribution < 1.29 is 18.3 Å². The van der Waals surface area contributed by atoms with Crippen molar-refractivity contribution in [2.24, 2.45) is 0 Å². The molecule has 1 rings (SSSR count). The molecule has 0 atom stereocenters. The molecule has 0 amide bonds. The zero-order valence-corrected chi connectivity index (χ0v) is 8.94. The molecule has 5 heteroatoms. The molecular formula is C10H9ClF2O2. The molecule has 82 valence electrons. The number of hydrogen-bond donors (Lipinski definition) is 0. The van der Waals surface area contributed by atoms with Crippen LogP contribution in [0.2, 0.25) is 5.02 Å². The van der Waals surface area contributed by atoms with Crippen LogP contribution in [0.5, 0.6) is 5.75 Å². The Kier molecular flexibility index (Phi) is 3.63. The molecule has 0 unspecified atom stereocenters. The molecule has 2 nitrogen and oxygen atoms in total. The second-order valence-electron chi connectivity index (χ2n) is 2.93. The van der Waals surface area contributed by atoms with Gasteiger partial charge < -0.3 is 4.74 Å². The Bertz CT molecular complexity index is 391. The van der Waals surface area contributed by atoms with E-state index in [1.165, 1.54) is 20.1 Å². The van der Waals surface area contributed by atoms with E-state index < -0.39 is 6.43 Å². The van der Waals surface area contributed by atoms with Crippen LogP contribution in [-0.4, -0.2) is 12.9 Å². The van der Waals surface area contributed by atoms with Crippen LogP contribution in [0.1, 0.15) is 29.3 Å². The number of alkyl halides is 2. The zero-order chi connectivity index (χ0) is 11.6. The number of carbonyl (C=O) groups excluding carboxylic acids is 1. The van der Waals surface area contributed by atoms with Gasteiger partial charge in [-0.05, 0) is 19.1 Å². The van der Waals surface area contributed by atoms with E-state index in [9.17, 15) is 13.6 Å². The van der Waals surface area contributed by atoms with Crippen molar-refractivity contribution in [2.75, 3.05) is 7.11 Å². The number of rotatable bonds is 3. The summed E-state index contributed by atoms with van der Waals surface area (Å²) in [5, 5.41) is 0.0126. The first-order valence-electron chi connectivity index (χ1n) is 4.14. The number of benzene rings is 1. The van der Waals surface area contributed by atoms with Gasteiger partial charge >= 0.3 is 0 Å². The van der Waals surface area contributed by atoms with Crippen LogP contribution >= 0.6 is 11.6 Å². The summed E-state index contributed by atoms with van der Waals surface area (Å²) in [6, 6.07) is 2.29. The molecule has 0 aliphatic heterocycles. The maximum Gasteiger partial charge on any atom is 0.267 e. The second kappa shape index (κ2) is 4.57. The lowest BCUT2D eigenvalue weighted by Gasteiger charge is -2.10. The van der Waals surface area contributed by atoms with E-state index in [2.05, 4.69) is 0 Å². The van der Waals surface area contributed by atoms with Crippen molar-refractivity contribution in [2.45, 2.75) is 13.3 Å². The molecule has 0 N–H and O–H groups in total. The topological polar surface area (TPSA) is 26.3 Å². The van der Waals surface area contributed by atoms with Crippen LogP contribution in [-0.2, 0) is 0 Å². The molecule has 0 spiro atoms. The lowest BCUT2D eigenvalue weighted by molar-refractivity contribution is 0.101. The average Bonchev–Trinajstić information content (AvgIpc) is 2.16. The number of ether oxygens (including phenoxy) is 1. The van der Waals surface area contributed by atoms with Gasteiger partial charge in [0, 0.05) is 5.56 Å². The van der Waals surface area contributed by atoms with Crippen LogP contribution in [0.15, 0.2) is 12.1 Å². The molecule has 0 aliphatic rings. The molecule has 0 aliphatic carbocycles. The Hall–Kier alpha value is -1.16. The molecule has 15 heavy (non-hydrogen) atoms. The third-order valence-corrected chi connectivity index (χ3v) is 2.25. The summed E-state index contributed by atoms with van der Waals surface area (Å²) in [7, 11) is 1.26. The van der Waals surface area contributed by atoms with Crippen LogP contribution in [0.3, 0.4) is 0 Å².